The molecule has 6 N–H and O–H groups in total. The summed E-state index contributed by atoms with van der Waals surface area (Å²) in [6.45, 7) is -2.27. The summed E-state index contributed by atoms with van der Waals surface area (Å²) in [5.74, 6) is -9.33. The van der Waals surface area contributed by atoms with Crippen molar-refractivity contribution >= 4 is 40.4 Å². The molecule has 0 unspecified atom stereocenters. The van der Waals surface area contributed by atoms with E-state index >= 15 is 0 Å². The Kier molecular flexibility index (Phi) is 8.34. The lowest BCUT2D eigenvalue weighted by Gasteiger charge is -2.17. The monoisotopic (exact) mass is 568 g/mol. The molecule has 4 rings (SSSR count). The summed E-state index contributed by atoms with van der Waals surface area (Å²) >= 11 is 0. The van der Waals surface area contributed by atoms with Gasteiger partial charge in [-0.1, -0.05) is 6.42 Å². The number of nitrogens with zero attached hydrogens (tertiary/aromatic N) is 6. The largest absolute Gasteiger partial charge is 0.394 e. The normalized spacial score (nSPS) is 16.6. The number of alkyl halides is 4. The molecule has 0 aliphatic carbocycles. The number of urea groups is 1. The number of carbonyl (C=O) groups is 2. The number of anilines is 3. The number of aromatic nitrogens is 5. The standard InChI is InChI=1S/C23H28F4N10O3/c1-36-18-15(8-30-20(34-18)37-11-22(24,25)23(26,27)12-37)17(35-36)33-21(40)32-16-9-29-7-5-14(16)19(39)31-13(10-38)4-2-3-6-28/h5,7-9,13,38H,2-4,6,10-12,28H2,1H3,(H,31,39)(H2,32,33,35,40)/t13-/m1/s1. The van der Waals surface area contributed by atoms with Gasteiger partial charge >= 0.3 is 17.9 Å². The van der Waals surface area contributed by atoms with Crippen molar-refractivity contribution in [2.75, 3.05) is 41.8 Å². The van der Waals surface area contributed by atoms with Crippen LogP contribution in [0.1, 0.15) is 29.6 Å². The predicted molar refractivity (Wildman–Crippen MR) is 137 cm³/mol. The number of nitrogens with one attached hydrogen (secondary N) is 3. The fourth-order valence-corrected chi connectivity index (χ4v) is 4.14. The lowest BCUT2D eigenvalue weighted by molar-refractivity contribution is -0.172. The van der Waals surface area contributed by atoms with Crippen LogP contribution in [0, 0.1) is 0 Å². The number of halogens is 4. The zero-order chi connectivity index (χ0) is 29.1. The number of hydrogen-bond acceptors (Lipinski definition) is 9. The Labute approximate surface area is 225 Å². The highest BCUT2D eigenvalue weighted by Crippen LogP contribution is 2.42. The number of hydrogen-bond donors (Lipinski definition) is 5. The second-order valence-corrected chi connectivity index (χ2v) is 9.28. The van der Waals surface area contributed by atoms with Crippen molar-refractivity contribution in [3.8, 4) is 0 Å². The highest BCUT2D eigenvalue weighted by atomic mass is 19.3. The molecule has 0 bridgehead atoms. The molecule has 4 heterocycles. The molecule has 0 radical (unpaired) electrons. The third-order valence-corrected chi connectivity index (χ3v) is 6.27. The molecular weight excluding hydrogens is 540 g/mol. The number of fused-ring (bicyclic) bond motifs is 1. The molecule has 40 heavy (non-hydrogen) atoms. The number of pyridine rings is 1. The van der Waals surface area contributed by atoms with Crippen molar-refractivity contribution in [3.63, 3.8) is 0 Å². The molecule has 17 heteroatoms. The Morgan fingerprint density at radius 3 is 2.55 bits per heavy atom. The van der Waals surface area contributed by atoms with Gasteiger partial charge in [0.05, 0.1) is 48.6 Å². The van der Waals surface area contributed by atoms with Gasteiger partial charge in [0.2, 0.25) is 5.95 Å². The van der Waals surface area contributed by atoms with E-state index in [4.69, 9.17) is 5.73 Å². The van der Waals surface area contributed by atoms with Crippen LogP contribution in [-0.4, -0.2) is 85.9 Å². The van der Waals surface area contributed by atoms with Gasteiger partial charge in [-0.15, -0.1) is 0 Å². The number of aliphatic hydroxyl groups excluding tert-OH is 1. The first-order chi connectivity index (χ1) is 19.0. The van der Waals surface area contributed by atoms with Gasteiger partial charge in [-0.25, -0.2) is 14.5 Å². The van der Waals surface area contributed by atoms with Crippen LogP contribution < -0.4 is 26.6 Å². The van der Waals surface area contributed by atoms with Gasteiger partial charge in [0, 0.05) is 19.4 Å². The van der Waals surface area contributed by atoms with E-state index in [9.17, 15) is 32.3 Å². The molecule has 13 nitrogen and oxygen atoms in total. The van der Waals surface area contributed by atoms with Gasteiger partial charge < -0.3 is 26.4 Å². The minimum Gasteiger partial charge on any atom is -0.394 e. The topological polar surface area (TPSA) is 176 Å². The van der Waals surface area contributed by atoms with Gasteiger partial charge in [0.15, 0.2) is 11.5 Å². The second-order valence-electron chi connectivity index (χ2n) is 9.28. The molecule has 1 saturated heterocycles. The molecule has 1 aliphatic rings. The SMILES string of the molecule is Cn1nc(NC(=O)Nc2cnccc2C(=O)N[C@@H](CO)CCCCN)c2cnc(N3CC(F)(F)C(F)(F)C3)nc21. The van der Waals surface area contributed by atoms with Crippen molar-refractivity contribution in [2.24, 2.45) is 12.8 Å². The molecule has 3 aromatic heterocycles. The molecular formula is C23H28F4N10O3. The molecule has 0 aromatic carbocycles. The van der Waals surface area contributed by atoms with Crippen molar-refractivity contribution in [3.05, 3.63) is 30.2 Å². The van der Waals surface area contributed by atoms with Crippen LogP contribution in [0.2, 0.25) is 0 Å². The summed E-state index contributed by atoms with van der Waals surface area (Å²) in [6.07, 6.45) is 5.79. The Hall–Kier alpha value is -4.12. The Balaban J connectivity index is 1.46. The van der Waals surface area contributed by atoms with Crippen molar-refractivity contribution < 1.29 is 32.3 Å². The molecule has 0 spiro atoms. The fraction of sp³-hybridized carbons (Fsp3) is 0.478. The van der Waals surface area contributed by atoms with Crippen LogP contribution in [0.5, 0.6) is 0 Å². The van der Waals surface area contributed by atoms with Crippen LogP contribution in [0.4, 0.5) is 39.8 Å². The van der Waals surface area contributed by atoms with E-state index < -0.39 is 42.9 Å². The molecule has 1 fully saturated rings. The second kappa shape index (κ2) is 11.5. The molecule has 3 aromatic rings. The maximum absolute atomic E-state index is 13.6. The lowest BCUT2D eigenvalue weighted by Crippen LogP contribution is -2.38. The Morgan fingerprint density at radius 1 is 1.15 bits per heavy atom. The number of unbranched alkanes of at least 4 members (excludes halogenated alkanes) is 1. The van der Waals surface area contributed by atoms with E-state index in [1.165, 1.54) is 36.4 Å². The summed E-state index contributed by atoms with van der Waals surface area (Å²) in [5, 5.41) is 21.7. The van der Waals surface area contributed by atoms with Gasteiger partial charge in [-0.2, -0.15) is 27.6 Å². The Bertz CT molecular complexity index is 1370. The number of rotatable bonds is 10. The van der Waals surface area contributed by atoms with Crippen LogP contribution in [0.15, 0.2) is 24.7 Å². The van der Waals surface area contributed by atoms with Gasteiger partial charge in [-0.3, -0.25) is 15.1 Å². The third kappa shape index (κ3) is 6.04. The first-order valence-electron chi connectivity index (χ1n) is 12.3. The fourth-order valence-electron chi connectivity index (χ4n) is 4.14. The average Bonchev–Trinajstić information content (AvgIpc) is 3.33. The van der Waals surface area contributed by atoms with E-state index in [1.807, 2.05) is 0 Å². The summed E-state index contributed by atoms with van der Waals surface area (Å²) in [5.41, 5.74) is 5.76. The molecule has 216 valence electrons. The van der Waals surface area contributed by atoms with Gasteiger partial charge in [0.25, 0.3) is 5.91 Å². The number of amides is 3. The van der Waals surface area contributed by atoms with Gasteiger partial charge in [0.1, 0.15) is 0 Å². The van der Waals surface area contributed by atoms with Crippen molar-refractivity contribution in [2.45, 2.75) is 37.1 Å². The number of aliphatic hydroxyl groups is 1. The van der Waals surface area contributed by atoms with Gasteiger partial charge in [-0.05, 0) is 25.5 Å². The summed E-state index contributed by atoms with van der Waals surface area (Å²) in [7, 11) is 1.46. The molecule has 1 atom stereocenters. The number of carbonyl (C=O) groups excluding carboxylic acids is 2. The smallest absolute Gasteiger partial charge is 0.329 e. The van der Waals surface area contributed by atoms with Crippen LogP contribution in [-0.2, 0) is 7.05 Å². The summed E-state index contributed by atoms with van der Waals surface area (Å²) in [4.78, 5) is 38.2. The first-order valence-corrected chi connectivity index (χ1v) is 12.3. The zero-order valence-electron chi connectivity index (χ0n) is 21.4. The third-order valence-electron chi connectivity index (χ3n) is 6.27. The maximum atomic E-state index is 13.6. The number of aryl methyl sites for hydroxylation is 1. The first kappa shape index (κ1) is 28.9. The van der Waals surface area contributed by atoms with E-state index in [0.717, 1.165) is 6.42 Å². The Morgan fingerprint density at radius 2 is 1.88 bits per heavy atom. The van der Waals surface area contributed by atoms with Crippen molar-refractivity contribution in [1.82, 2.24) is 30.0 Å². The van der Waals surface area contributed by atoms with Crippen LogP contribution >= 0.6 is 0 Å². The minimum absolute atomic E-state index is 0.00577. The number of nitrogens with two attached hydrogens (primary N) is 1. The van der Waals surface area contributed by atoms with E-state index in [-0.39, 0.29) is 40.7 Å². The predicted octanol–water partition coefficient (Wildman–Crippen LogP) is 1.71. The van der Waals surface area contributed by atoms with E-state index in [1.54, 1.807) is 0 Å². The lowest BCUT2D eigenvalue weighted by atomic mass is 10.1. The summed E-state index contributed by atoms with van der Waals surface area (Å²) < 4.78 is 55.8. The van der Waals surface area contributed by atoms with Crippen LogP contribution in [0.3, 0.4) is 0 Å². The minimum atomic E-state index is -4.23. The highest BCUT2D eigenvalue weighted by molar-refractivity contribution is 6.08. The molecule has 1 aliphatic heterocycles. The zero-order valence-corrected chi connectivity index (χ0v) is 21.4. The summed E-state index contributed by atoms with van der Waals surface area (Å²) in [6, 6.07) is 0.0965. The van der Waals surface area contributed by atoms with Crippen LogP contribution in [0.25, 0.3) is 11.0 Å². The van der Waals surface area contributed by atoms with Crippen molar-refractivity contribution in [1.29, 1.82) is 0 Å². The maximum Gasteiger partial charge on any atom is 0.329 e. The highest BCUT2D eigenvalue weighted by Gasteiger charge is 2.63. The molecule has 0 saturated carbocycles. The van der Waals surface area contributed by atoms with E-state index in [2.05, 4.69) is 36.0 Å². The molecule has 3 amide bonds. The van der Waals surface area contributed by atoms with E-state index in [0.29, 0.717) is 24.3 Å². The quantitative estimate of drug-likeness (QED) is 0.180. The average molecular weight is 569 g/mol.